The molecule has 0 saturated heterocycles. The lowest BCUT2D eigenvalue weighted by atomic mass is 10.1. The van der Waals surface area contributed by atoms with Crippen molar-refractivity contribution >= 4 is 11.6 Å². The number of para-hydroxylation sites is 1. The van der Waals surface area contributed by atoms with E-state index in [2.05, 4.69) is 5.10 Å². The first-order valence-corrected chi connectivity index (χ1v) is 8.77. The standard InChI is InChI=1S/C21H18FN3O2/c1-14-12-16-4-2-3-5-19(16)25(14)21(27)18-10-11-20(26)24(23-18)13-15-6-8-17(22)9-7-15/h2-11,14H,12-13H2,1H3/t14-/m0/s1. The molecule has 6 heteroatoms. The van der Waals surface area contributed by atoms with Crippen LogP contribution in [0.4, 0.5) is 10.1 Å². The minimum Gasteiger partial charge on any atom is -0.304 e. The van der Waals surface area contributed by atoms with Gasteiger partial charge in [-0.25, -0.2) is 9.07 Å². The third-order valence-electron chi connectivity index (χ3n) is 4.76. The maximum absolute atomic E-state index is 13.1. The first-order chi connectivity index (χ1) is 13.0. The molecule has 4 rings (SSSR count). The van der Waals surface area contributed by atoms with Gasteiger partial charge in [0.15, 0.2) is 0 Å². The van der Waals surface area contributed by atoms with E-state index in [9.17, 15) is 14.0 Å². The molecule has 0 radical (unpaired) electrons. The van der Waals surface area contributed by atoms with Gasteiger partial charge in [-0.15, -0.1) is 0 Å². The number of anilines is 1. The fourth-order valence-electron chi connectivity index (χ4n) is 3.44. The second-order valence-corrected chi connectivity index (χ2v) is 6.70. The van der Waals surface area contributed by atoms with Gasteiger partial charge in [-0.2, -0.15) is 5.10 Å². The Morgan fingerprint density at radius 2 is 1.85 bits per heavy atom. The molecular formula is C21H18FN3O2. The smallest absolute Gasteiger partial charge is 0.278 e. The lowest BCUT2D eigenvalue weighted by molar-refractivity contribution is 0.0974. The van der Waals surface area contributed by atoms with Crippen molar-refractivity contribution in [2.24, 2.45) is 0 Å². The van der Waals surface area contributed by atoms with Crippen molar-refractivity contribution in [2.45, 2.75) is 25.9 Å². The number of rotatable bonds is 3. The fraction of sp³-hybridized carbons (Fsp3) is 0.190. The Labute approximate surface area is 155 Å². The highest BCUT2D eigenvalue weighted by Gasteiger charge is 2.32. The normalized spacial score (nSPS) is 15.6. The lowest BCUT2D eigenvalue weighted by Gasteiger charge is -2.22. The number of carbonyl (C=O) groups excluding carboxylic acids is 1. The number of carbonyl (C=O) groups is 1. The summed E-state index contributed by atoms with van der Waals surface area (Å²) in [5.74, 6) is -0.579. The molecule has 0 unspecified atom stereocenters. The van der Waals surface area contributed by atoms with Crippen LogP contribution >= 0.6 is 0 Å². The quantitative estimate of drug-likeness (QED) is 0.719. The fourth-order valence-corrected chi connectivity index (χ4v) is 3.44. The molecule has 2 heterocycles. The first-order valence-electron chi connectivity index (χ1n) is 8.77. The van der Waals surface area contributed by atoms with E-state index in [1.807, 2.05) is 31.2 Å². The molecule has 1 aliphatic rings. The monoisotopic (exact) mass is 363 g/mol. The zero-order valence-corrected chi connectivity index (χ0v) is 14.8. The number of hydrogen-bond donors (Lipinski definition) is 0. The minimum atomic E-state index is -0.343. The molecule has 2 aromatic carbocycles. The Morgan fingerprint density at radius 1 is 1.11 bits per heavy atom. The second-order valence-electron chi connectivity index (χ2n) is 6.70. The van der Waals surface area contributed by atoms with Gasteiger partial charge in [-0.3, -0.25) is 9.59 Å². The lowest BCUT2D eigenvalue weighted by Crippen LogP contribution is -2.37. The van der Waals surface area contributed by atoms with Crippen LogP contribution in [-0.2, 0) is 13.0 Å². The van der Waals surface area contributed by atoms with Crippen LogP contribution in [0.3, 0.4) is 0 Å². The van der Waals surface area contributed by atoms with Gasteiger partial charge in [0.25, 0.3) is 11.5 Å². The third-order valence-corrected chi connectivity index (χ3v) is 4.76. The molecular weight excluding hydrogens is 345 g/mol. The van der Waals surface area contributed by atoms with Crippen molar-refractivity contribution in [1.29, 1.82) is 0 Å². The summed E-state index contributed by atoms with van der Waals surface area (Å²) in [5.41, 5.74) is 2.63. The number of amides is 1. The predicted molar refractivity (Wildman–Crippen MR) is 100 cm³/mol. The first kappa shape index (κ1) is 17.1. The molecule has 136 valence electrons. The zero-order valence-electron chi connectivity index (χ0n) is 14.8. The molecule has 1 amide bonds. The summed E-state index contributed by atoms with van der Waals surface area (Å²) in [4.78, 5) is 27.0. The van der Waals surface area contributed by atoms with E-state index < -0.39 is 0 Å². The van der Waals surface area contributed by atoms with E-state index in [1.165, 1.54) is 28.9 Å². The van der Waals surface area contributed by atoms with Gasteiger partial charge in [0, 0.05) is 17.8 Å². The van der Waals surface area contributed by atoms with Crippen LogP contribution in [0.25, 0.3) is 0 Å². The minimum absolute atomic E-state index is 0.0224. The van der Waals surface area contributed by atoms with E-state index in [0.717, 1.165) is 23.2 Å². The molecule has 0 N–H and O–H groups in total. The van der Waals surface area contributed by atoms with Crippen molar-refractivity contribution in [3.8, 4) is 0 Å². The highest BCUT2D eigenvalue weighted by atomic mass is 19.1. The number of benzene rings is 2. The van der Waals surface area contributed by atoms with Gasteiger partial charge in [-0.1, -0.05) is 30.3 Å². The van der Waals surface area contributed by atoms with E-state index >= 15 is 0 Å². The number of halogens is 1. The maximum Gasteiger partial charge on any atom is 0.278 e. The zero-order chi connectivity index (χ0) is 19.0. The molecule has 1 aromatic heterocycles. The maximum atomic E-state index is 13.1. The topological polar surface area (TPSA) is 55.2 Å². The van der Waals surface area contributed by atoms with E-state index in [-0.39, 0.29) is 35.6 Å². The van der Waals surface area contributed by atoms with E-state index in [4.69, 9.17) is 0 Å². The molecule has 1 aliphatic heterocycles. The average Bonchev–Trinajstić information content (AvgIpc) is 3.00. The van der Waals surface area contributed by atoms with Crippen LogP contribution in [0, 0.1) is 5.82 Å². The molecule has 0 bridgehead atoms. The molecule has 0 fully saturated rings. The summed E-state index contributed by atoms with van der Waals surface area (Å²) in [6.45, 7) is 2.17. The van der Waals surface area contributed by atoms with E-state index in [1.54, 1.807) is 17.0 Å². The van der Waals surface area contributed by atoms with Gasteiger partial charge in [0.1, 0.15) is 11.5 Å². The van der Waals surface area contributed by atoms with Gasteiger partial charge < -0.3 is 4.90 Å². The van der Waals surface area contributed by atoms with Crippen LogP contribution in [0.2, 0.25) is 0 Å². The number of fused-ring (bicyclic) bond motifs is 1. The van der Waals surface area contributed by atoms with Crippen molar-refractivity contribution in [1.82, 2.24) is 9.78 Å². The average molecular weight is 363 g/mol. The number of aromatic nitrogens is 2. The summed E-state index contributed by atoms with van der Waals surface area (Å²) in [6.07, 6.45) is 0.789. The Bertz CT molecular complexity index is 1060. The predicted octanol–water partition coefficient (Wildman–Crippen LogP) is 3.02. The van der Waals surface area contributed by atoms with Gasteiger partial charge >= 0.3 is 0 Å². The largest absolute Gasteiger partial charge is 0.304 e. The Kier molecular flexibility index (Phi) is 4.32. The van der Waals surface area contributed by atoms with Crippen molar-refractivity contribution < 1.29 is 9.18 Å². The summed E-state index contributed by atoms with van der Waals surface area (Å²) in [7, 11) is 0. The number of hydrogen-bond acceptors (Lipinski definition) is 3. The molecule has 0 saturated carbocycles. The second kappa shape index (κ2) is 6.79. The summed E-state index contributed by atoms with van der Waals surface area (Å²) >= 11 is 0. The molecule has 5 nitrogen and oxygen atoms in total. The summed E-state index contributed by atoms with van der Waals surface area (Å²) < 4.78 is 14.3. The molecule has 3 aromatic rings. The highest BCUT2D eigenvalue weighted by molar-refractivity contribution is 6.06. The van der Waals surface area contributed by atoms with Crippen LogP contribution in [0.1, 0.15) is 28.5 Å². The van der Waals surface area contributed by atoms with Crippen LogP contribution < -0.4 is 10.5 Å². The molecule has 1 atom stereocenters. The van der Waals surface area contributed by atoms with Crippen LogP contribution in [-0.4, -0.2) is 21.7 Å². The Hall–Kier alpha value is -3.28. The van der Waals surface area contributed by atoms with Crippen molar-refractivity contribution in [3.63, 3.8) is 0 Å². The van der Waals surface area contributed by atoms with Gasteiger partial charge in [0.2, 0.25) is 0 Å². The van der Waals surface area contributed by atoms with Crippen LogP contribution in [0.5, 0.6) is 0 Å². The third kappa shape index (κ3) is 3.26. The Morgan fingerprint density at radius 3 is 2.63 bits per heavy atom. The van der Waals surface area contributed by atoms with Gasteiger partial charge in [0.05, 0.1) is 6.54 Å². The SMILES string of the molecule is C[C@H]1Cc2ccccc2N1C(=O)c1ccc(=O)n(Cc2ccc(F)cc2)n1. The van der Waals surface area contributed by atoms with Crippen molar-refractivity contribution in [2.75, 3.05) is 4.90 Å². The highest BCUT2D eigenvalue weighted by Crippen LogP contribution is 2.32. The van der Waals surface area contributed by atoms with E-state index in [0.29, 0.717) is 0 Å². The summed E-state index contributed by atoms with van der Waals surface area (Å²) in [5, 5.41) is 4.26. The summed E-state index contributed by atoms with van der Waals surface area (Å²) in [6, 6.07) is 16.5. The Balaban J connectivity index is 1.65. The van der Waals surface area contributed by atoms with Gasteiger partial charge in [-0.05, 0) is 48.7 Å². The molecule has 0 spiro atoms. The molecule has 0 aliphatic carbocycles. The van der Waals surface area contributed by atoms with Crippen LogP contribution in [0.15, 0.2) is 65.5 Å². The number of nitrogens with zero attached hydrogens (tertiary/aromatic N) is 3. The molecule has 27 heavy (non-hydrogen) atoms. The van der Waals surface area contributed by atoms with Crippen molar-refractivity contribution in [3.05, 3.63) is 93.7 Å².